The van der Waals surface area contributed by atoms with Crippen LogP contribution >= 0.6 is 15.9 Å². The Kier molecular flexibility index (Phi) is 6.79. The van der Waals surface area contributed by atoms with Crippen LogP contribution in [0.25, 0.3) is 11.5 Å². The van der Waals surface area contributed by atoms with Gasteiger partial charge in [0.15, 0.2) is 0 Å². The highest BCUT2D eigenvalue weighted by atomic mass is 79.9. The van der Waals surface area contributed by atoms with Crippen molar-refractivity contribution in [2.24, 2.45) is 0 Å². The van der Waals surface area contributed by atoms with Gasteiger partial charge in [-0.2, -0.15) is 5.10 Å². The molecule has 0 fully saturated rings. The van der Waals surface area contributed by atoms with Crippen molar-refractivity contribution in [3.05, 3.63) is 101 Å². The van der Waals surface area contributed by atoms with Crippen molar-refractivity contribution in [3.63, 3.8) is 0 Å². The number of hydrogen-bond acceptors (Lipinski definition) is 3. The monoisotopic (exact) mass is 496 g/mol. The number of benzene rings is 2. The van der Waals surface area contributed by atoms with E-state index in [1.165, 1.54) is 0 Å². The smallest absolute Gasteiger partial charge is 0.232 e. The maximum absolute atomic E-state index is 12.8. The fourth-order valence-corrected chi connectivity index (χ4v) is 4.75. The first kappa shape index (κ1) is 21.3. The van der Waals surface area contributed by atoms with Gasteiger partial charge in [-0.1, -0.05) is 46.3 Å². The summed E-state index contributed by atoms with van der Waals surface area (Å²) < 4.78 is 17.5. The molecule has 0 aliphatic heterocycles. The Hall–Kier alpha value is -2.97. The van der Waals surface area contributed by atoms with Crippen molar-refractivity contribution in [2.45, 2.75) is 12.3 Å². The molecule has 0 aliphatic rings. The van der Waals surface area contributed by atoms with Crippen molar-refractivity contribution >= 4 is 32.6 Å². The number of carbonyl (C=O) groups is 1. The molecule has 1 N–H and O–H groups in total. The molecule has 158 valence electrons. The maximum atomic E-state index is 12.8. The molecular weight excluding hydrogens is 476 g/mol. The Bertz CT molecular complexity index is 1190. The number of amides is 1. The third-order valence-electron chi connectivity index (χ3n) is 4.65. The predicted molar refractivity (Wildman–Crippen MR) is 126 cm³/mol. The van der Waals surface area contributed by atoms with E-state index >= 15 is 0 Å². The van der Waals surface area contributed by atoms with Gasteiger partial charge in [0, 0.05) is 39.8 Å². The molecule has 1 atom stereocenters. The topological polar surface area (TPSA) is 68.9 Å². The minimum atomic E-state index is -1.37. The summed E-state index contributed by atoms with van der Waals surface area (Å²) in [4.78, 5) is 12.3. The van der Waals surface area contributed by atoms with Crippen molar-refractivity contribution < 1.29 is 9.00 Å². The first-order valence-corrected chi connectivity index (χ1v) is 12.0. The van der Waals surface area contributed by atoms with Crippen LogP contribution in [0, 0.1) is 0 Å². The average Bonchev–Trinajstić information content (AvgIpc) is 3.42. The number of aromatic nitrogens is 3. The lowest BCUT2D eigenvalue weighted by Gasteiger charge is -2.11. The van der Waals surface area contributed by atoms with Crippen molar-refractivity contribution in [3.8, 4) is 11.5 Å². The lowest BCUT2D eigenvalue weighted by molar-refractivity contribution is -0.118. The van der Waals surface area contributed by atoms with Crippen LogP contribution in [0.1, 0.15) is 11.1 Å². The van der Waals surface area contributed by atoms with Crippen LogP contribution < -0.4 is 5.32 Å². The zero-order chi connectivity index (χ0) is 21.6. The average molecular weight is 497 g/mol. The largest absolute Gasteiger partial charge is 0.351 e. The Morgan fingerprint density at radius 1 is 1.03 bits per heavy atom. The molecule has 4 aromatic rings. The summed E-state index contributed by atoms with van der Waals surface area (Å²) in [6.45, 7) is 0.399. The number of rotatable bonds is 8. The lowest BCUT2D eigenvalue weighted by atomic mass is 10.2. The van der Waals surface area contributed by atoms with E-state index in [1.54, 1.807) is 6.20 Å². The molecule has 1 unspecified atom stereocenters. The van der Waals surface area contributed by atoms with Crippen molar-refractivity contribution in [1.82, 2.24) is 19.7 Å². The van der Waals surface area contributed by atoms with E-state index in [0.29, 0.717) is 6.54 Å². The number of hydrogen-bond donors (Lipinski definition) is 1. The molecule has 0 aliphatic carbocycles. The van der Waals surface area contributed by atoms with Gasteiger partial charge in [0.2, 0.25) is 5.91 Å². The minimum Gasteiger partial charge on any atom is -0.351 e. The summed E-state index contributed by atoms with van der Waals surface area (Å²) in [6, 6.07) is 21.4. The molecule has 0 bridgehead atoms. The molecule has 0 spiro atoms. The van der Waals surface area contributed by atoms with E-state index in [1.807, 2.05) is 88.4 Å². The fraction of sp³-hybridized carbons (Fsp3) is 0.130. The van der Waals surface area contributed by atoms with E-state index in [4.69, 9.17) is 0 Å². The van der Waals surface area contributed by atoms with Gasteiger partial charge in [-0.3, -0.25) is 9.00 Å². The molecule has 6 nitrogen and oxygen atoms in total. The van der Waals surface area contributed by atoms with Gasteiger partial charge >= 0.3 is 0 Å². The molecule has 2 aromatic heterocycles. The molecular formula is C23H21BrN4O2S. The van der Waals surface area contributed by atoms with Gasteiger partial charge in [0.05, 0.1) is 17.6 Å². The summed E-state index contributed by atoms with van der Waals surface area (Å²) in [5.41, 5.74) is 2.71. The number of nitrogens with zero attached hydrogens (tertiary/aromatic N) is 3. The van der Waals surface area contributed by atoms with Gasteiger partial charge in [0.1, 0.15) is 11.6 Å². The lowest BCUT2D eigenvalue weighted by Crippen LogP contribution is -2.28. The van der Waals surface area contributed by atoms with Crippen LogP contribution in [0.3, 0.4) is 0 Å². The van der Waals surface area contributed by atoms with E-state index in [2.05, 4.69) is 26.3 Å². The van der Waals surface area contributed by atoms with Gasteiger partial charge in [-0.25, -0.2) is 4.68 Å². The molecule has 0 saturated heterocycles. The highest BCUT2D eigenvalue weighted by molar-refractivity contribution is 9.10. The van der Waals surface area contributed by atoms with Crippen LogP contribution in [0.5, 0.6) is 0 Å². The molecule has 2 heterocycles. The number of nitrogens with one attached hydrogen (secondary N) is 1. The molecule has 2 aromatic carbocycles. The second kappa shape index (κ2) is 9.89. The number of para-hydroxylation sites is 1. The Balaban J connectivity index is 1.46. The van der Waals surface area contributed by atoms with Gasteiger partial charge in [-0.05, 0) is 42.0 Å². The molecule has 0 radical (unpaired) electrons. The molecule has 8 heteroatoms. The van der Waals surface area contributed by atoms with Gasteiger partial charge < -0.3 is 9.88 Å². The molecule has 0 saturated carbocycles. The third-order valence-corrected chi connectivity index (χ3v) is 6.36. The van der Waals surface area contributed by atoms with Crippen LogP contribution in [0.15, 0.2) is 89.8 Å². The predicted octanol–water partition coefficient (Wildman–Crippen LogP) is 3.99. The molecule has 1 amide bonds. The summed E-state index contributed by atoms with van der Waals surface area (Å²) in [5.74, 6) is 0.760. The second-order valence-electron chi connectivity index (χ2n) is 6.97. The second-order valence-corrected chi connectivity index (χ2v) is 9.34. The standard InChI is InChI=1S/C23H21BrN4O2S/c24-20-8-6-7-18(13-20)14-25-22(29)17-31(30)16-19-15-26-28(21-9-2-1-3-10-21)23(19)27-11-4-5-12-27/h1-13,15H,14,16-17H2,(H,25,29). The van der Waals surface area contributed by atoms with E-state index in [-0.39, 0.29) is 17.4 Å². The zero-order valence-corrected chi connectivity index (χ0v) is 19.1. The Morgan fingerprint density at radius 2 is 1.81 bits per heavy atom. The highest BCUT2D eigenvalue weighted by Gasteiger charge is 2.17. The normalized spacial score (nSPS) is 11.9. The highest BCUT2D eigenvalue weighted by Crippen LogP contribution is 2.21. The summed E-state index contributed by atoms with van der Waals surface area (Å²) in [5, 5.41) is 7.35. The van der Waals surface area contributed by atoms with Gasteiger partial charge in [-0.15, -0.1) is 0 Å². The molecule has 31 heavy (non-hydrogen) atoms. The number of carbonyl (C=O) groups excluding carboxylic acids is 1. The first-order chi connectivity index (χ1) is 15.1. The van der Waals surface area contributed by atoms with Crippen molar-refractivity contribution in [2.75, 3.05) is 5.75 Å². The van der Waals surface area contributed by atoms with Gasteiger partial charge in [0.25, 0.3) is 0 Å². The molecule has 4 rings (SSSR count). The summed E-state index contributed by atoms with van der Waals surface area (Å²) in [7, 11) is -1.37. The minimum absolute atomic E-state index is 0.0599. The van der Waals surface area contributed by atoms with Crippen LogP contribution in [-0.2, 0) is 27.9 Å². The van der Waals surface area contributed by atoms with E-state index in [9.17, 15) is 9.00 Å². The van der Waals surface area contributed by atoms with Crippen LogP contribution in [0.4, 0.5) is 0 Å². The third kappa shape index (κ3) is 5.39. The SMILES string of the molecule is O=C(CS(=O)Cc1cnn(-c2ccccc2)c1-n1cccc1)NCc1cccc(Br)c1. The quantitative estimate of drug-likeness (QED) is 0.400. The van der Waals surface area contributed by atoms with Crippen LogP contribution in [0.2, 0.25) is 0 Å². The zero-order valence-electron chi connectivity index (χ0n) is 16.6. The number of halogens is 1. The Labute approximate surface area is 191 Å². The van der Waals surface area contributed by atoms with Crippen LogP contribution in [-0.4, -0.2) is 30.2 Å². The first-order valence-electron chi connectivity index (χ1n) is 9.72. The summed E-state index contributed by atoms with van der Waals surface area (Å²) >= 11 is 3.42. The van der Waals surface area contributed by atoms with E-state index in [0.717, 1.165) is 27.1 Å². The van der Waals surface area contributed by atoms with Crippen molar-refractivity contribution in [1.29, 1.82) is 0 Å². The fourth-order valence-electron chi connectivity index (χ4n) is 3.26. The van der Waals surface area contributed by atoms with E-state index < -0.39 is 10.8 Å². The maximum Gasteiger partial charge on any atom is 0.232 e. The summed E-state index contributed by atoms with van der Waals surface area (Å²) in [6.07, 6.45) is 5.57. The Morgan fingerprint density at radius 3 is 2.55 bits per heavy atom.